The topological polar surface area (TPSA) is 37.5 Å². The molecule has 0 aromatic carbocycles. The third-order valence-electron chi connectivity index (χ3n) is 13.0. The van der Waals surface area contributed by atoms with Crippen LogP contribution in [0.1, 0.15) is 116 Å². The quantitative estimate of drug-likeness (QED) is 0.266. The van der Waals surface area contributed by atoms with Crippen LogP contribution in [-0.2, 0) is 0 Å². The summed E-state index contributed by atoms with van der Waals surface area (Å²) >= 11 is 0. The molecule has 2 heterocycles. The Morgan fingerprint density at radius 3 is 2.55 bits per heavy atom. The fourth-order valence-corrected chi connectivity index (χ4v) is 11.0. The highest BCUT2D eigenvalue weighted by Crippen LogP contribution is 2.67. The van der Waals surface area contributed by atoms with Crippen molar-refractivity contribution < 1.29 is 13.7 Å². The first-order valence-corrected chi connectivity index (χ1v) is 16.7. The number of aromatic nitrogens is 1. The summed E-state index contributed by atoms with van der Waals surface area (Å²) in [6.45, 7) is 15.4. The lowest BCUT2D eigenvalue weighted by Gasteiger charge is -2.58. The molecule has 6 rings (SSSR count). The molecule has 3 nitrogen and oxygen atoms in total. The van der Waals surface area contributed by atoms with Crippen LogP contribution >= 0.6 is 0 Å². The molecule has 0 spiro atoms. The highest BCUT2D eigenvalue weighted by Gasteiger charge is 2.59. The molecule has 1 N–H and O–H groups in total. The lowest BCUT2D eigenvalue weighted by molar-refractivity contribution is -0.0570. The SMILES string of the molecule is CC1=CC(C)=N/C1=C(/CC[C@@H](C)C1CCC2C3CC=C4C[C@@H](O)CC[C@]4(C)C3CC[C@@]21C)c1c(C)cc(C)n1B(F)F. The number of aliphatic imine (C=N–C) groups is 1. The minimum Gasteiger partial charge on any atom is -0.393 e. The number of fused-ring (bicyclic) bond motifs is 5. The molecule has 6 heteroatoms. The van der Waals surface area contributed by atoms with Gasteiger partial charge < -0.3 is 9.58 Å². The molecule has 42 heavy (non-hydrogen) atoms. The fraction of sp³-hybridized carbons (Fsp3) is 0.694. The van der Waals surface area contributed by atoms with Crippen molar-refractivity contribution in [3.05, 3.63) is 52.0 Å². The molecule has 228 valence electrons. The normalized spacial score (nSPS) is 37.8. The maximum Gasteiger partial charge on any atom is 0.677 e. The zero-order valence-corrected chi connectivity index (χ0v) is 26.9. The second kappa shape index (κ2) is 10.9. The van der Waals surface area contributed by atoms with E-state index in [-0.39, 0.29) is 11.5 Å². The van der Waals surface area contributed by atoms with Gasteiger partial charge in [0, 0.05) is 22.7 Å². The van der Waals surface area contributed by atoms with Crippen LogP contribution in [0, 0.1) is 54.3 Å². The van der Waals surface area contributed by atoms with Crippen LogP contribution in [0.25, 0.3) is 5.57 Å². The number of allylic oxidation sites excluding steroid dienone is 4. The molecule has 0 bridgehead atoms. The van der Waals surface area contributed by atoms with Gasteiger partial charge in [-0.1, -0.05) is 32.4 Å². The van der Waals surface area contributed by atoms with Gasteiger partial charge in [0.15, 0.2) is 0 Å². The van der Waals surface area contributed by atoms with E-state index in [9.17, 15) is 13.7 Å². The number of aryl methyl sites for hydroxylation is 2. The van der Waals surface area contributed by atoms with E-state index in [2.05, 4.69) is 39.8 Å². The Balaban J connectivity index is 1.25. The van der Waals surface area contributed by atoms with Crippen molar-refractivity contribution in [2.45, 2.75) is 119 Å². The van der Waals surface area contributed by atoms with E-state index < -0.39 is 7.40 Å². The van der Waals surface area contributed by atoms with Crippen LogP contribution in [0.4, 0.5) is 8.63 Å². The van der Waals surface area contributed by atoms with Crippen molar-refractivity contribution in [1.82, 2.24) is 4.48 Å². The highest BCUT2D eigenvalue weighted by molar-refractivity contribution is 6.41. The lowest BCUT2D eigenvalue weighted by Crippen LogP contribution is -2.50. The largest absolute Gasteiger partial charge is 0.677 e. The summed E-state index contributed by atoms with van der Waals surface area (Å²) in [7, 11) is -2.57. The number of halogens is 2. The van der Waals surface area contributed by atoms with Crippen molar-refractivity contribution in [3.8, 4) is 0 Å². The Kier molecular flexibility index (Phi) is 7.81. The fourth-order valence-electron chi connectivity index (χ4n) is 11.0. The molecule has 8 atom stereocenters. The van der Waals surface area contributed by atoms with Gasteiger partial charge in [-0.2, -0.15) is 0 Å². The van der Waals surface area contributed by atoms with Gasteiger partial charge in [0.2, 0.25) is 0 Å². The van der Waals surface area contributed by atoms with Crippen molar-refractivity contribution in [3.63, 3.8) is 0 Å². The first kappa shape index (κ1) is 30.1. The van der Waals surface area contributed by atoms with E-state index >= 15 is 0 Å². The van der Waals surface area contributed by atoms with E-state index in [1.807, 2.05) is 19.9 Å². The van der Waals surface area contributed by atoms with Crippen molar-refractivity contribution in [1.29, 1.82) is 0 Å². The Morgan fingerprint density at radius 1 is 1.10 bits per heavy atom. The molecule has 1 aliphatic heterocycles. The van der Waals surface area contributed by atoms with Gasteiger partial charge >= 0.3 is 7.40 Å². The number of hydrogen-bond donors (Lipinski definition) is 1. The van der Waals surface area contributed by atoms with Gasteiger partial charge in [-0.25, -0.2) is 0 Å². The molecular formula is C36H51BF2N2O. The van der Waals surface area contributed by atoms with E-state index in [4.69, 9.17) is 4.99 Å². The van der Waals surface area contributed by atoms with Crippen LogP contribution in [0.15, 0.2) is 40.1 Å². The van der Waals surface area contributed by atoms with Crippen LogP contribution in [0.3, 0.4) is 0 Å². The molecule has 0 saturated heterocycles. The number of nitrogens with zero attached hydrogens (tertiary/aromatic N) is 2. The number of hydrogen-bond acceptors (Lipinski definition) is 2. The first-order chi connectivity index (χ1) is 19.8. The standard InChI is InChI=1S/C36H51BF2N2O/c1-21(8-10-29(33-22(2)18-24(4)40-33)34-23(3)19-25(5)41(34)37(38)39)30-12-13-31-28-11-9-26-20-27(42)14-16-35(26,6)32(28)15-17-36(30,31)7/h9,18-19,21,27-28,30-32,42H,8,10-17,20H2,1-7H3/b33-29-/t21-,27+,28?,30?,31?,32?,35+,36-/m1/s1. The second-order valence-electron chi connectivity index (χ2n) is 15.3. The summed E-state index contributed by atoms with van der Waals surface area (Å²) in [5, 5.41) is 10.4. The zero-order valence-electron chi connectivity index (χ0n) is 26.9. The van der Waals surface area contributed by atoms with Crippen molar-refractivity contribution in [2.75, 3.05) is 0 Å². The Bertz CT molecular complexity index is 1370. The number of aliphatic hydroxyl groups is 1. The molecule has 3 saturated carbocycles. The average Bonchev–Trinajstić information content (AvgIpc) is 3.55. The van der Waals surface area contributed by atoms with Crippen LogP contribution in [0.2, 0.25) is 0 Å². The average molecular weight is 577 g/mol. The molecule has 1 aromatic heterocycles. The molecule has 5 aliphatic rings. The smallest absolute Gasteiger partial charge is 0.393 e. The number of rotatable bonds is 6. The van der Waals surface area contributed by atoms with Crippen LogP contribution in [0.5, 0.6) is 0 Å². The van der Waals surface area contributed by atoms with Crippen molar-refractivity contribution >= 4 is 18.7 Å². The van der Waals surface area contributed by atoms with Gasteiger partial charge in [0.25, 0.3) is 0 Å². The summed E-state index contributed by atoms with van der Waals surface area (Å²) in [5.74, 6) is 3.45. The van der Waals surface area contributed by atoms with Crippen LogP contribution in [-0.4, -0.2) is 28.8 Å². The molecule has 3 fully saturated rings. The first-order valence-electron chi connectivity index (χ1n) is 16.7. The lowest BCUT2D eigenvalue weighted by atomic mass is 9.47. The Morgan fingerprint density at radius 2 is 1.86 bits per heavy atom. The van der Waals surface area contributed by atoms with E-state index in [0.717, 1.165) is 78.0 Å². The summed E-state index contributed by atoms with van der Waals surface area (Å²) in [6, 6.07) is 1.90. The summed E-state index contributed by atoms with van der Waals surface area (Å²) < 4.78 is 30.0. The molecule has 0 radical (unpaired) electrons. The van der Waals surface area contributed by atoms with Gasteiger partial charge in [-0.3, -0.25) is 13.6 Å². The monoisotopic (exact) mass is 576 g/mol. The maximum absolute atomic E-state index is 14.4. The molecule has 4 aliphatic carbocycles. The predicted octanol–water partition coefficient (Wildman–Crippen LogP) is 9.37. The van der Waals surface area contributed by atoms with Gasteiger partial charge in [0.05, 0.1) is 11.8 Å². The van der Waals surface area contributed by atoms with E-state index in [1.54, 1.807) is 12.5 Å². The van der Waals surface area contributed by atoms with Gasteiger partial charge in [-0.05, 0) is 156 Å². The molecular weight excluding hydrogens is 525 g/mol. The summed E-state index contributed by atoms with van der Waals surface area (Å²) in [6.07, 6.45) is 15.6. The molecule has 1 aromatic rings. The van der Waals surface area contributed by atoms with Gasteiger partial charge in [0.1, 0.15) is 0 Å². The minimum atomic E-state index is -2.57. The Labute approximate surface area is 252 Å². The van der Waals surface area contributed by atoms with E-state index in [0.29, 0.717) is 28.6 Å². The second-order valence-corrected chi connectivity index (χ2v) is 15.3. The van der Waals surface area contributed by atoms with Crippen LogP contribution < -0.4 is 0 Å². The highest BCUT2D eigenvalue weighted by atomic mass is 19.2. The summed E-state index contributed by atoms with van der Waals surface area (Å²) in [4.78, 5) is 4.87. The third kappa shape index (κ3) is 4.73. The Hall–Kier alpha value is -1.95. The molecule has 4 unspecified atom stereocenters. The molecule has 0 amide bonds. The predicted molar refractivity (Wildman–Crippen MR) is 171 cm³/mol. The van der Waals surface area contributed by atoms with Gasteiger partial charge in [-0.15, -0.1) is 0 Å². The minimum absolute atomic E-state index is 0.152. The zero-order chi connectivity index (χ0) is 30.1. The third-order valence-corrected chi connectivity index (χ3v) is 13.0. The van der Waals surface area contributed by atoms with Crippen molar-refractivity contribution in [2.24, 2.45) is 45.4 Å². The maximum atomic E-state index is 14.4. The van der Waals surface area contributed by atoms with E-state index in [1.165, 1.54) is 36.6 Å². The number of aliphatic hydroxyl groups excluding tert-OH is 1. The summed E-state index contributed by atoms with van der Waals surface area (Å²) in [5.41, 5.74) is 8.26.